The van der Waals surface area contributed by atoms with Crippen molar-refractivity contribution in [3.05, 3.63) is 27.8 Å². The second-order valence-corrected chi connectivity index (χ2v) is 6.98. The van der Waals surface area contributed by atoms with Crippen LogP contribution in [0.1, 0.15) is 43.0 Å². The summed E-state index contributed by atoms with van der Waals surface area (Å²) < 4.78 is 15.2. The number of ether oxygens (including phenoxy) is 3. The lowest BCUT2D eigenvalue weighted by atomic mass is 9.87. The fraction of sp³-hybridized carbons (Fsp3) is 0.579. The molecule has 0 spiro atoms. The van der Waals surface area contributed by atoms with Gasteiger partial charge in [0.25, 0.3) is 11.6 Å². The highest BCUT2D eigenvalue weighted by Crippen LogP contribution is 2.34. The van der Waals surface area contributed by atoms with Crippen LogP contribution in [0.15, 0.2) is 12.1 Å². The lowest BCUT2D eigenvalue weighted by molar-refractivity contribution is -0.385. The predicted molar refractivity (Wildman–Crippen MR) is 101 cm³/mol. The Labute approximate surface area is 163 Å². The molecule has 1 fully saturated rings. The van der Waals surface area contributed by atoms with Gasteiger partial charge in [-0.15, -0.1) is 0 Å². The summed E-state index contributed by atoms with van der Waals surface area (Å²) in [7, 11) is 4.37. The summed E-state index contributed by atoms with van der Waals surface area (Å²) in [5.41, 5.74) is -0.783. The highest BCUT2D eigenvalue weighted by Gasteiger charge is 2.28. The largest absolute Gasteiger partial charge is 0.493 e. The number of likely N-dealkylation sites (N-methyl/N-ethyl adjacent to an activating group) is 1. The number of hydrogen-bond acceptors (Lipinski definition) is 7. The topological polar surface area (TPSA) is 108 Å². The lowest BCUT2D eigenvalue weighted by Crippen LogP contribution is -2.41. The zero-order chi connectivity index (χ0) is 20.8. The van der Waals surface area contributed by atoms with Crippen LogP contribution in [0.25, 0.3) is 0 Å². The highest BCUT2D eigenvalue weighted by molar-refractivity contribution is 5.96. The van der Waals surface area contributed by atoms with E-state index in [0.29, 0.717) is 5.92 Å². The highest BCUT2D eigenvalue weighted by atomic mass is 16.6. The van der Waals surface area contributed by atoms with Gasteiger partial charge in [0.05, 0.1) is 25.2 Å². The summed E-state index contributed by atoms with van der Waals surface area (Å²) in [6.45, 7) is 1.71. The van der Waals surface area contributed by atoms with E-state index in [4.69, 9.17) is 14.2 Å². The van der Waals surface area contributed by atoms with Crippen molar-refractivity contribution >= 4 is 17.6 Å². The van der Waals surface area contributed by atoms with E-state index in [1.807, 2.05) is 0 Å². The van der Waals surface area contributed by atoms with Crippen LogP contribution in [0.4, 0.5) is 5.69 Å². The molecule has 1 saturated carbocycles. The average Bonchev–Trinajstić information content (AvgIpc) is 2.70. The maximum Gasteiger partial charge on any atom is 0.345 e. The van der Waals surface area contributed by atoms with Gasteiger partial charge < -0.3 is 19.1 Å². The number of carbonyl (C=O) groups excluding carboxylic acids is 2. The van der Waals surface area contributed by atoms with E-state index in [1.54, 1.807) is 11.9 Å². The van der Waals surface area contributed by atoms with Gasteiger partial charge in [-0.2, -0.15) is 0 Å². The number of esters is 1. The number of amides is 1. The smallest absolute Gasteiger partial charge is 0.345 e. The van der Waals surface area contributed by atoms with Crippen LogP contribution in [-0.2, 0) is 9.53 Å². The van der Waals surface area contributed by atoms with Crippen LogP contribution in [0.2, 0.25) is 0 Å². The molecule has 0 bridgehead atoms. The molecule has 1 amide bonds. The van der Waals surface area contributed by atoms with Crippen LogP contribution in [-0.4, -0.2) is 55.6 Å². The summed E-state index contributed by atoms with van der Waals surface area (Å²) >= 11 is 0. The number of nitrogens with zero attached hydrogens (tertiary/aromatic N) is 2. The maximum absolute atomic E-state index is 12.4. The second kappa shape index (κ2) is 9.38. The van der Waals surface area contributed by atoms with Crippen LogP contribution in [0.5, 0.6) is 11.5 Å². The molecule has 0 aliphatic heterocycles. The third kappa shape index (κ3) is 4.90. The van der Waals surface area contributed by atoms with Gasteiger partial charge in [0, 0.05) is 19.2 Å². The number of methoxy groups -OCH3 is 2. The SMILES string of the molecule is COc1cc(C(=O)OCC(=O)N(C)C2CCC(C)CC2)c([N+](=O)[O-])cc1OC. The van der Waals surface area contributed by atoms with Gasteiger partial charge in [-0.05, 0) is 31.6 Å². The maximum atomic E-state index is 12.4. The lowest BCUT2D eigenvalue weighted by Gasteiger charge is -2.33. The van der Waals surface area contributed by atoms with Crippen molar-refractivity contribution < 1.29 is 28.7 Å². The second-order valence-electron chi connectivity index (χ2n) is 6.98. The van der Waals surface area contributed by atoms with Gasteiger partial charge in [0.2, 0.25) is 0 Å². The average molecular weight is 394 g/mol. The minimum Gasteiger partial charge on any atom is -0.493 e. The molecule has 0 saturated heterocycles. The standard InChI is InChI=1S/C19H26N2O7/c1-12-5-7-13(8-6-12)20(2)18(22)11-28-19(23)14-9-16(26-3)17(27-4)10-15(14)21(24)25/h9-10,12-13H,5-8,11H2,1-4H3. The van der Waals surface area contributed by atoms with E-state index in [2.05, 4.69) is 6.92 Å². The Morgan fingerprint density at radius 2 is 1.71 bits per heavy atom. The van der Waals surface area contributed by atoms with Crippen LogP contribution >= 0.6 is 0 Å². The molecule has 0 radical (unpaired) electrons. The molecular formula is C19H26N2O7. The Bertz CT molecular complexity index is 742. The zero-order valence-electron chi connectivity index (χ0n) is 16.6. The number of rotatable bonds is 7. The fourth-order valence-corrected chi connectivity index (χ4v) is 3.32. The first kappa shape index (κ1) is 21.5. The fourth-order valence-electron chi connectivity index (χ4n) is 3.32. The predicted octanol–water partition coefficient (Wildman–Crippen LogP) is 2.81. The Balaban J connectivity index is 2.07. The summed E-state index contributed by atoms with van der Waals surface area (Å²) in [5.74, 6) is -0.376. The minimum atomic E-state index is -0.966. The molecular weight excluding hydrogens is 368 g/mol. The molecule has 9 heteroatoms. The minimum absolute atomic E-state index is 0.119. The van der Waals surface area contributed by atoms with Crippen molar-refractivity contribution in [2.75, 3.05) is 27.9 Å². The summed E-state index contributed by atoms with van der Waals surface area (Å²) in [6, 6.07) is 2.39. The summed E-state index contributed by atoms with van der Waals surface area (Å²) in [4.78, 5) is 36.9. The molecule has 0 aromatic heterocycles. The molecule has 28 heavy (non-hydrogen) atoms. The monoisotopic (exact) mass is 394 g/mol. The van der Waals surface area contributed by atoms with Gasteiger partial charge in [-0.1, -0.05) is 6.92 Å². The van der Waals surface area contributed by atoms with Gasteiger partial charge in [-0.25, -0.2) is 4.79 Å². The van der Waals surface area contributed by atoms with Gasteiger partial charge >= 0.3 is 5.97 Å². The molecule has 0 N–H and O–H groups in total. The molecule has 1 aliphatic rings. The van der Waals surface area contributed by atoms with E-state index < -0.39 is 23.2 Å². The summed E-state index contributed by atoms with van der Waals surface area (Å²) in [6.07, 6.45) is 3.94. The third-order valence-corrected chi connectivity index (χ3v) is 5.17. The van der Waals surface area contributed by atoms with Gasteiger partial charge in [-0.3, -0.25) is 14.9 Å². The number of nitro groups is 1. The van der Waals surface area contributed by atoms with Crippen molar-refractivity contribution in [3.8, 4) is 11.5 Å². The molecule has 154 valence electrons. The molecule has 0 unspecified atom stereocenters. The number of nitro benzene ring substituents is 1. The Kier molecular flexibility index (Phi) is 7.19. The first-order valence-corrected chi connectivity index (χ1v) is 9.11. The van der Waals surface area contributed by atoms with E-state index in [-0.39, 0.29) is 29.0 Å². The molecule has 1 aromatic carbocycles. The van der Waals surface area contributed by atoms with E-state index in [9.17, 15) is 19.7 Å². The zero-order valence-corrected chi connectivity index (χ0v) is 16.6. The molecule has 0 heterocycles. The molecule has 9 nitrogen and oxygen atoms in total. The van der Waals surface area contributed by atoms with Crippen molar-refractivity contribution in [3.63, 3.8) is 0 Å². The van der Waals surface area contributed by atoms with Crippen molar-refractivity contribution in [1.29, 1.82) is 0 Å². The van der Waals surface area contributed by atoms with Crippen molar-refractivity contribution in [1.82, 2.24) is 4.90 Å². The molecule has 2 rings (SSSR count). The Hall–Kier alpha value is -2.84. The number of carbonyl (C=O) groups is 2. The number of benzene rings is 1. The quantitative estimate of drug-likeness (QED) is 0.397. The Morgan fingerprint density at radius 1 is 1.14 bits per heavy atom. The molecule has 1 aliphatic carbocycles. The van der Waals surface area contributed by atoms with Crippen molar-refractivity contribution in [2.45, 2.75) is 38.6 Å². The molecule has 1 aromatic rings. The van der Waals surface area contributed by atoms with Crippen LogP contribution in [0.3, 0.4) is 0 Å². The Morgan fingerprint density at radius 3 is 2.25 bits per heavy atom. The first-order valence-electron chi connectivity index (χ1n) is 9.11. The first-order chi connectivity index (χ1) is 13.3. The van der Waals surface area contributed by atoms with E-state index in [0.717, 1.165) is 31.7 Å². The normalized spacial score (nSPS) is 18.9. The van der Waals surface area contributed by atoms with Gasteiger partial charge in [0.15, 0.2) is 18.1 Å². The van der Waals surface area contributed by atoms with E-state index >= 15 is 0 Å². The number of hydrogen-bond donors (Lipinski definition) is 0. The van der Waals surface area contributed by atoms with Gasteiger partial charge in [0.1, 0.15) is 5.56 Å². The molecule has 0 atom stereocenters. The third-order valence-electron chi connectivity index (χ3n) is 5.17. The van der Waals surface area contributed by atoms with E-state index in [1.165, 1.54) is 20.3 Å². The van der Waals surface area contributed by atoms with Crippen molar-refractivity contribution in [2.24, 2.45) is 5.92 Å². The summed E-state index contributed by atoms with van der Waals surface area (Å²) in [5, 5.41) is 11.3. The van der Waals surface area contributed by atoms with Crippen LogP contribution in [0, 0.1) is 16.0 Å². The van der Waals surface area contributed by atoms with Crippen LogP contribution < -0.4 is 9.47 Å².